The number of hydrogen-bond donors (Lipinski definition) is 2. The van der Waals surface area contributed by atoms with Crippen LogP contribution in [-0.2, 0) is 0 Å². The van der Waals surface area contributed by atoms with Gasteiger partial charge in [0.25, 0.3) is 0 Å². The van der Waals surface area contributed by atoms with Gasteiger partial charge in [-0.05, 0) is 24.1 Å². The number of urea groups is 1. The van der Waals surface area contributed by atoms with Gasteiger partial charge in [-0.3, -0.25) is 4.98 Å². The zero-order valence-corrected chi connectivity index (χ0v) is 10.8. The van der Waals surface area contributed by atoms with E-state index in [4.69, 9.17) is 0 Å². The molecule has 5 heteroatoms. The van der Waals surface area contributed by atoms with Gasteiger partial charge in [-0.15, -0.1) is 0 Å². The number of hydrogen-bond acceptors (Lipinski definition) is 2. The SMILES string of the molecule is CNC(=O)N1CC=C(c2c[nH]c3cccnc23)CC1. The topological polar surface area (TPSA) is 61.0 Å². The predicted molar refractivity (Wildman–Crippen MR) is 74.7 cm³/mol. The van der Waals surface area contributed by atoms with Crippen LogP contribution in [0.1, 0.15) is 12.0 Å². The smallest absolute Gasteiger partial charge is 0.317 e. The molecule has 0 aromatic carbocycles. The highest BCUT2D eigenvalue weighted by molar-refractivity contribution is 5.90. The molecule has 1 aliphatic rings. The van der Waals surface area contributed by atoms with Crippen LogP contribution in [0.15, 0.2) is 30.6 Å². The Kier molecular flexibility index (Phi) is 2.95. The van der Waals surface area contributed by atoms with Crippen molar-refractivity contribution in [2.24, 2.45) is 0 Å². The van der Waals surface area contributed by atoms with Crippen LogP contribution >= 0.6 is 0 Å². The van der Waals surface area contributed by atoms with Gasteiger partial charge < -0.3 is 15.2 Å². The third-order valence-electron chi connectivity index (χ3n) is 3.49. The first-order chi connectivity index (χ1) is 9.29. The molecular weight excluding hydrogens is 240 g/mol. The fourth-order valence-electron chi connectivity index (χ4n) is 2.46. The standard InChI is InChI=1S/C14H16N4O/c1-15-14(19)18-7-4-10(5-8-18)11-9-17-12-3-2-6-16-13(11)12/h2-4,6,9,17H,5,7-8H2,1H3,(H,15,19). The molecule has 98 valence electrons. The van der Waals surface area contributed by atoms with Crippen LogP contribution in [0.5, 0.6) is 0 Å². The number of H-pyrrole nitrogens is 1. The van der Waals surface area contributed by atoms with E-state index in [9.17, 15) is 4.79 Å². The lowest BCUT2D eigenvalue weighted by Crippen LogP contribution is -2.40. The lowest BCUT2D eigenvalue weighted by molar-refractivity contribution is 0.205. The largest absolute Gasteiger partial charge is 0.359 e. The number of amides is 2. The number of aromatic nitrogens is 2. The number of nitrogens with one attached hydrogen (secondary N) is 2. The lowest BCUT2D eigenvalue weighted by atomic mass is 10.0. The summed E-state index contributed by atoms with van der Waals surface area (Å²) >= 11 is 0. The van der Waals surface area contributed by atoms with Gasteiger partial charge >= 0.3 is 6.03 Å². The molecule has 0 radical (unpaired) electrons. The molecule has 0 fully saturated rings. The number of aromatic amines is 1. The second-order valence-corrected chi connectivity index (χ2v) is 4.58. The maximum Gasteiger partial charge on any atom is 0.317 e. The molecule has 3 rings (SSSR count). The zero-order chi connectivity index (χ0) is 13.2. The van der Waals surface area contributed by atoms with Crippen LogP contribution in [0.2, 0.25) is 0 Å². The molecule has 2 amide bonds. The van der Waals surface area contributed by atoms with E-state index in [1.807, 2.05) is 18.3 Å². The lowest BCUT2D eigenvalue weighted by Gasteiger charge is -2.25. The summed E-state index contributed by atoms with van der Waals surface area (Å²) in [6.07, 6.45) is 6.77. The molecule has 2 aromatic rings. The molecule has 2 N–H and O–H groups in total. The summed E-state index contributed by atoms with van der Waals surface area (Å²) in [6.45, 7) is 1.39. The minimum absolute atomic E-state index is 0.0210. The minimum atomic E-state index is -0.0210. The Morgan fingerprint density at radius 2 is 2.42 bits per heavy atom. The van der Waals surface area contributed by atoms with Crippen LogP contribution < -0.4 is 5.32 Å². The molecule has 0 saturated carbocycles. The van der Waals surface area contributed by atoms with E-state index < -0.39 is 0 Å². The number of rotatable bonds is 1. The van der Waals surface area contributed by atoms with Crippen molar-refractivity contribution in [3.63, 3.8) is 0 Å². The average Bonchev–Trinajstić information content (AvgIpc) is 2.90. The highest BCUT2D eigenvalue weighted by Gasteiger charge is 2.18. The average molecular weight is 256 g/mol. The normalized spacial score (nSPS) is 15.4. The quantitative estimate of drug-likeness (QED) is 0.819. The van der Waals surface area contributed by atoms with E-state index in [1.165, 1.54) is 5.57 Å². The number of carbonyl (C=O) groups is 1. The van der Waals surface area contributed by atoms with E-state index in [0.29, 0.717) is 6.54 Å². The highest BCUT2D eigenvalue weighted by atomic mass is 16.2. The summed E-state index contributed by atoms with van der Waals surface area (Å²) in [5.41, 5.74) is 4.45. The monoisotopic (exact) mass is 256 g/mol. The van der Waals surface area contributed by atoms with Crippen LogP contribution in [0, 0.1) is 0 Å². The van der Waals surface area contributed by atoms with Crippen LogP contribution in [0.25, 0.3) is 16.6 Å². The minimum Gasteiger partial charge on any atom is -0.359 e. The molecule has 19 heavy (non-hydrogen) atoms. The summed E-state index contributed by atoms with van der Waals surface area (Å²) in [6, 6.07) is 3.92. The van der Waals surface area contributed by atoms with Gasteiger partial charge in [0.2, 0.25) is 0 Å². The third kappa shape index (κ3) is 2.07. The van der Waals surface area contributed by atoms with Crippen molar-refractivity contribution < 1.29 is 4.79 Å². The molecular formula is C14H16N4O. The number of carbonyl (C=O) groups excluding carboxylic acids is 1. The number of nitrogens with zero attached hydrogens (tertiary/aromatic N) is 2. The maximum absolute atomic E-state index is 11.5. The number of pyridine rings is 1. The second-order valence-electron chi connectivity index (χ2n) is 4.58. The van der Waals surface area contributed by atoms with E-state index in [2.05, 4.69) is 21.4 Å². The van der Waals surface area contributed by atoms with Gasteiger partial charge in [0, 0.05) is 38.1 Å². The van der Waals surface area contributed by atoms with Crippen LogP contribution in [-0.4, -0.2) is 41.0 Å². The van der Waals surface area contributed by atoms with Crippen molar-refractivity contribution >= 4 is 22.6 Å². The highest BCUT2D eigenvalue weighted by Crippen LogP contribution is 2.27. The Bertz CT molecular complexity index is 644. The fourth-order valence-corrected chi connectivity index (χ4v) is 2.46. The summed E-state index contributed by atoms with van der Waals surface area (Å²) in [4.78, 5) is 21.0. The molecule has 0 saturated heterocycles. The fraction of sp³-hybridized carbons (Fsp3) is 0.286. The zero-order valence-electron chi connectivity index (χ0n) is 10.8. The molecule has 0 bridgehead atoms. The molecule has 5 nitrogen and oxygen atoms in total. The Labute approximate surface area is 111 Å². The molecule has 0 aliphatic carbocycles. The summed E-state index contributed by atoms with van der Waals surface area (Å²) in [5, 5.41) is 2.65. The van der Waals surface area contributed by atoms with Gasteiger partial charge in [0.15, 0.2) is 0 Å². The van der Waals surface area contributed by atoms with Crippen LogP contribution in [0.3, 0.4) is 0 Å². The van der Waals surface area contributed by atoms with E-state index >= 15 is 0 Å². The summed E-state index contributed by atoms with van der Waals surface area (Å²) in [5.74, 6) is 0. The van der Waals surface area contributed by atoms with Crippen molar-refractivity contribution in [1.29, 1.82) is 0 Å². The Morgan fingerprint density at radius 1 is 1.53 bits per heavy atom. The Morgan fingerprint density at radius 3 is 3.16 bits per heavy atom. The van der Waals surface area contributed by atoms with Crippen molar-refractivity contribution in [2.75, 3.05) is 20.1 Å². The Hall–Kier alpha value is -2.30. The molecule has 1 aliphatic heterocycles. The van der Waals surface area contributed by atoms with E-state index in [1.54, 1.807) is 18.1 Å². The summed E-state index contributed by atoms with van der Waals surface area (Å²) < 4.78 is 0. The van der Waals surface area contributed by atoms with Gasteiger partial charge in [-0.25, -0.2) is 4.79 Å². The first-order valence-corrected chi connectivity index (χ1v) is 6.38. The van der Waals surface area contributed by atoms with Crippen molar-refractivity contribution in [2.45, 2.75) is 6.42 Å². The number of fused-ring (bicyclic) bond motifs is 1. The first kappa shape index (κ1) is 11.8. The second kappa shape index (κ2) is 4.76. The van der Waals surface area contributed by atoms with E-state index in [-0.39, 0.29) is 6.03 Å². The van der Waals surface area contributed by atoms with Gasteiger partial charge in [0.05, 0.1) is 11.0 Å². The first-order valence-electron chi connectivity index (χ1n) is 6.38. The summed E-state index contributed by atoms with van der Waals surface area (Å²) in [7, 11) is 1.66. The predicted octanol–water partition coefficient (Wildman–Crippen LogP) is 1.99. The molecule has 3 heterocycles. The third-order valence-corrected chi connectivity index (χ3v) is 3.49. The van der Waals surface area contributed by atoms with Crippen molar-refractivity contribution in [1.82, 2.24) is 20.2 Å². The molecule has 0 atom stereocenters. The molecule has 2 aromatic heterocycles. The van der Waals surface area contributed by atoms with Gasteiger partial charge in [-0.1, -0.05) is 6.08 Å². The molecule has 0 spiro atoms. The maximum atomic E-state index is 11.5. The van der Waals surface area contributed by atoms with Crippen molar-refractivity contribution in [3.05, 3.63) is 36.2 Å². The van der Waals surface area contributed by atoms with E-state index in [0.717, 1.165) is 29.6 Å². The Balaban J connectivity index is 1.88. The molecule has 0 unspecified atom stereocenters. The van der Waals surface area contributed by atoms with Crippen molar-refractivity contribution in [3.8, 4) is 0 Å². The van der Waals surface area contributed by atoms with Gasteiger partial charge in [-0.2, -0.15) is 0 Å². The van der Waals surface area contributed by atoms with Crippen LogP contribution in [0.4, 0.5) is 4.79 Å². The van der Waals surface area contributed by atoms with Gasteiger partial charge in [0.1, 0.15) is 0 Å².